The molecule has 0 aromatic heterocycles. The first kappa shape index (κ1) is 27.8. The number of rotatable bonds is 6. The summed E-state index contributed by atoms with van der Waals surface area (Å²) in [6.07, 6.45) is 0. The van der Waals surface area contributed by atoms with E-state index >= 15 is 0 Å². The molecule has 35 heavy (non-hydrogen) atoms. The van der Waals surface area contributed by atoms with Crippen LogP contribution in [0.25, 0.3) is 0 Å². The summed E-state index contributed by atoms with van der Waals surface area (Å²) in [5.74, 6) is -42.7. The number of carbonyl (C=O) groups is 1. The molecule has 1 fully saturated rings. The van der Waals surface area contributed by atoms with Crippen LogP contribution in [0.1, 0.15) is 6.92 Å². The van der Waals surface area contributed by atoms with Crippen LogP contribution in [0.4, 0.5) is 65.4 Å². The lowest BCUT2D eigenvalue weighted by atomic mass is 9.71. The maximum absolute atomic E-state index is 14.8. The van der Waals surface area contributed by atoms with E-state index in [1.807, 2.05) is 0 Å². The van der Waals surface area contributed by atoms with Gasteiger partial charge in [-0.2, -0.15) is 43.9 Å². The molecule has 9 nitrogen and oxygen atoms in total. The summed E-state index contributed by atoms with van der Waals surface area (Å²) in [5.41, 5.74) is -11.8. The van der Waals surface area contributed by atoms with Crippen LogP contribution in [-0.4, -0.2) is 57.6 Å². The summed E-state index contributed by atoms with van der Waals surface area (Å²) in [4.78, 5) is 31.2. The maximum atomic E-state index is 14.8. The first-order valence-electron chi connectivity index (χ1n) is 8.57. The number of amides is 1. The first-order chi connectivity index (χ1) is 15.6. The molecule has 0 bridgehead atoms. The lowest BCUT2D eigenvalue weighted by molar-refractivity contribution is -0.475. The number of hydrogen-bond donors (Lipinski definition) is 1. The molecule has 1 amide bonds. The Hall–Kier alpha value is -3.48. The van der Waals surface area contributed by atoms with Crippen LogP contribution >= 0.6 is 0 Å². The van der Waals surface area contributed by atoms with Crippen molar-refractivity contribution in [3.8, 4) is 5.75 Å². The molecule has 2 rings (SSSR count). The smallest absolute Gasteiger partial charge is 0.384 e. The number of benzene rings is 1. The highest BCUT2D eigenvalue weighted by molar-refractivity contribution is 6.01. The van der Waals surface area contributed by atoms with Gasteiger partial charge in [0.25, 0.3) is 11.6 Å². The van der Waals surface area contributed by atoms with Gasteiger partial charge in [0.2, 0.25) is 0 Å². The van der Waals surface area contributed by atoms with Crippen LogP contribution in [0.3, 0.4) is 0 Å². The molecule has 0 aliphatic heterocycles. The summed E-state index contributed by atoms with van der Waals surface area (Å²) >= 11 is 0. The number of nitrogens with one attached hydrogen (secondary N) is 1. The summed E-state index contributed by atoms with van der Waals surface area (Å²) < 4.78 is 156. The van der Waals surface area contributed by atoms with Gasteiger partial charge in [-0.1, -0.05) is 0 Å². The van der Waals surface area contributed by atoms with Gasteiger partial charge in [0, 0.05) is 6.07 Å². The largest absolute Gasteiger partial charge is 0.487 e. The first-order valence-corrected chi connectivity index (χ1v) is 8.57. The van der Waals surface area contributed by atoms with E-state index in [1.165, 1.54) is 0 Å². The molecule has 20 heteroatoms. The Morgan fingerprint density at radius 2 is 1.20 bits per heavy atom. The van der Waals surface area contributed by atoms with Crippen molar-refractivity contribution in [1.29, 1.82) is 0 Å². The van der Waals surface area contributed by atoms with Gasteiger partial charge in [0.1, 0.15) is 5.69 Å². The van der Waals surface area contributed by atoms with Crippen molar-refractivity contribution in [2.75, 3.05) is 11.9 Å². The van der Waals surface area contributed by atoms with Gasteiger partial charge in [-0.25, -0.2) is 4.39 Å². The molecular formula is C15H8F11N3O6. The summed E-state index contributed by atoms with van der Waals surface area (Å²) in [5, 5.41) is 22.7. The molecule has 196 valence electrons. The SMILES string of the molecule is CCOc1cc(NC(=O)C2(F)C(F)(F)C(F)(F)C(F)(F)C(F)(F)C2(F)F)c([N+](=O)[O-])cc1[N+](=O)[O-]. The number of alkyl halides is 11. The van der Waals surface area contributed by atoms with Crippen molar-refractivity contribution in [2.24, 2.45) is 0 Å². The fourth-order valence-corrected chi connectivity index (χ4v) is 2.94. The molecule has 1 saturated carbocycles. The zero-order valence-corrected chi connectivity index (χ0v) is 16.4. The van der Waals surface area contributed by atoms with Crippen LogP contribution in [0.2, 0.25) is 0 Å². The van der Waals surface area contributed by atoms with Crippen LogP contribution in [0.15, 0.2) is 12.1 Å². The van der Waals surface area contributed by atoms with Crippen molar-refractivity contribution >= 4 is 23.0 Å². The molecule has 1 aliphatic carbocycles. The molecule has 0 atom stereocenters. The molecule has 1 aromatic rings. The standard InChI is InChI=1S/C15H8F11N3O6/c1-2-35-8-3-5(6(28(31)32)4-7(8)29(33)34)27-9(30)10(16)11(17,18)13(21,22)15(25,26)14(23,24)12(10,19)20/h3-4H,2H2,1H3,(H,27,30). The molecule has 0 saturated heterocycles. The fraction of sp³-hybridized carbons (Fsp3) is 0.533. The Bertz CT molecular complexity index is 1060. The van der Waals surface area contributed by atoms with Gasteiger partial charge < -0.3 is 10.1 Å². The molecule has 0 heterocycles. The number of anilines is 1. The number of carbonyl (C=O) groups excluding carboxylic acids is 1. The fourth-order valence-electron chi connectivity index (χ4n) is 2.94. The Morgan fingerprint density at radius 3 is 1.57 bits per heavy atom. The van der Waals surface area contributed by atoms with Crippen LogP contribution in [0.5, 0.6) is 5.75 Å². The van der Waals surface area contributed by atoms with Gasteiger partial charge in [-0.3, -0.25) is 25.0 Å². The average Bonchev–Trinajstić information content (AvgIpc) is 2.71. The minimum atomic E-state index is -7.59. The monoisotopic (exact) mass is 535 g/mol. The summed E-state index contributed by atoms with van der Waals surface area (Å²) in [6, 6.07) is -0.0644. The Balaban J connectivity index is 2.79. The number of nitro benzene ring substituents is 2. The Kier molecular flexibility index (Phi) is 6.16. The lowest BCUT2D eigenvalue weighted by Gasteiger charge is -2.51. The predicted molar refractivity (Wildman–Crippen MR) is 88.1 cm³/mol. The number of nitro groups is 2. The van der Waals surface area contributed by atoms with E-state index in [1.54, 1.807) is 0 Å². The quantitative estimate of drug-likeness (QED) is 0.319. The van der Waals surface area contributed by atoms with E-state index in [0.717, 1.165) is 6.92 Å². The van der Waals surface area contributed by atoms with Gasteiger partial charge in [-0.15, -0.1) is 0 Å². The third-order valence-corrected chi connectivity index (χ3v) is 4.77. The zero-order valence-electron chi connectivity index (χ0n) is 16.4. The number of nitrogens with zero attached hydrogens (tertiary/aromatic N) is 2. The molecule has 0 spiro atoms. The molecule has 1 N–H and O–H groups in total. The highest BCUT2D eigenvalue weighted by Gasteiger charge is 3.02. The van der Waals surface area contributed by atoms with Gasteiger partial charge >= 0.3 is 41.0 Å². The minimum Gasteiger partial charge on any atom is -0.487 e. The average molecular weight is 535 g/mol. The molecular weight excluding hydrogens is 527 g/mol. The normalized spacial score (nSPS) is 22.6. The van der Waals surface area contributed by atoms with Crippen molar-refractivity contribution in [1.82, 2.24) is 0 Å². The zero-order chi connectivity index (χ0) is 27.6. The van der Waals surface area contributed by atoms with Crippen molar-refractivity contribution in [2.45, 2.75) is 42.2 Å². The van der Waals surface area contributed by atoms with Gasteiger partial charge in [0.05, 0.1) is 22.5 Å². The van der Waals surface area contributed by atoms with Gasteiger partial charge in [0.15, 0.2) is 5.75 Å². The van der Waals surface area contributed by atoms with E-state index in [9.17, 15) is 73.3 Å². The topological polar surface area (TPSA) is 125 Å². The van der Waals surface area contributed by atoms with Crippen LogP contribution in [0, 0.1) is 20.2 Å². The van der Waals surface area contributed by atoms with E-state index in [0.29, 0.717) is 5.32 Å². The van der Waals surface area contributed by atoms with E-state index in [2.05, 4.69) is 4.74 Å². The Morgan fingerprint density at radius 1 is 0.800 bits per heavy atom. The molecule has 0 radical (unpaired) electrons. The van der Waals surface area contributed by atoms with Crippen molar-refractivity contribution in [3.05, 3.63) is 32.4 Å². The summed E-state index contributed by atoms with van der Waals surface area (Å²) in [7, 11) is 0. The maximum Gasteiger partial charge on any atom is 0.384 e. The number of halogens is 11. The highest BCUT2D eigenvalue weighted by Crippen LogP contribution is 2.69. The number of ether oxygens (including phenoxy) is 1. The lowest BCUT2D eigenvalue weighted by Crippen LogP contribution is -2.86. The molecule has 1 aromatic carbocycles. The number of hydrogen-bond acceptors (Lipinski definition) is 6. The third kappa shape index (κ3) is 3.24. The predicted octanol–water partition coefficient (Wildman–Crippen LogP) is 4.74. The Labute approximate surface area is 184 Å². The van der Waals surface area contributed by atoms with Crippen molar-refractivity contribution < 1.29 is 67.7 Å². The molecule has 1 aliphatic rings. The third-order valence-electron chi connectivity index (χ3n) is 4.77. The van der Waals surface area contributed by atoms with Crippen LogP contribution in [-0.2, 0) is 4.79 Å². The van der Waals surface area contributed by atoms with Crippen molar-refractivity contribution in [3.63, 3.8) is 0 Å². The van der Waals surface area contributed by atoms with E-state index in [-0.39, 0.29) is 12.1 Å². The second kappa shape index (κ2) is 7.77. The highest BCUT2D eigenvalue weighted by atomic mass is 19.4. The second-order valence-corrected chi connectivity index (χ2v) is 6.77. The van der Waals surface area contributed by atoms with Gasteiger partial charge in [-0.05, 0) is 6.92 Å². The van der Waals surface area contributed by atoms with E-state index in [4.69, 9.17) is 0 Å². The molecule has 0 unspecified atom stereocenters. The second-order valence-electron chi connectivity index (χ2n) is 6.77. The van der Waals surface area contributed by atoms with E-state index < -0.39 is 80.5 Å². The van der Waals surface area contributed by atoms with Crippen LogP contribution < -0.4 is 10.1 Å². The minimum absolute atomic E-state index is 0.00499. The summed E-state index contributed by atoms with van der Waals surface area (Å²) in [6.45, 7) is 0.691.